The third kappa shape index (κ3) is 2.40. The molecule has 0 aliphatic carbocycles. The highest BCUT2D eigenvalue weighted by atomic mass is 32.2. The smallest absolute Gasteiger partial charge is 0.188 e. The molecule has 0 unspecified atom stereocenters. The maximum atomic E-state index is 13.7. The van der Waals surface area contributed by atoms with Crippen molar-refractivity contribution >= 4 is 11.8 Å². The average molecular weight is 238 g/mol. The Morgan fingerprint density at radius 2 is 2.31 bits per heavy atom. The minimum atomic E-state index is -0.295. The van der Waals surface area contributed by atoms with E-state index in [0.29, 0.717) is 10.1 Å². The molecule has 3 N–H and O–H groups in total. The Morgan fingerprint density at radius 1 is 1.50 bits per heavy atom. The molecule has 16 heavy (non-hydrogen) atoms. The molecule has 4 nitrogen and oxygen atoms in total. The first-order valence-electron chi connectivity index (χ1n) is 4.75. The zero-order valence-corrected chi connectivity index (χ0v) is 9.46. The summed E-state index contributed by atoms with van der Waals surface area (Å²) in [4.78, 5) is 4.42. The van der Waals surface area contributed by atoms with Crippen LogP contribution in [0.4, 0.5) is 4.39 Å². The second-order valence-corrected chi connectivity index (χ2v) is 4.40. The highest BCUT2D eigenvalue weighted by Crippen LogP contribution is 2.28. The zero-order valence-electron chi connectivity index (χ0n) is 8.64. The van der Waals surface area contributed by atoms with Crippen LogP contribution in [0.25, 0.3) is 0 Å². The number of nitrogens with two attached hydrogens (primary N) is 1. The third-order valence-electron chi connectivity index (χ3n) is 2.08. The molecule has 0 saturated heterocycles. The second-order valence-electron chi connectivity index (χ2n) is 3.37. The van der Waals surface area contributed by atoms with Crippen LogP contribution in [0.15, 0.2) is 34.6 Å². The van der Waals surface area contributed by atoms with E-state index in [9.17, 15) is 4.39 Å². The first kappa shape index (κ1) is 11.1. The van der Waals surface area contributed by atoms with Gasteiger partial charge in [-0.3, -0.25) is 5.10 Å². The van der Waals surface area contributed by atoms with Gasteiger partial charge in [0.2, 0.25) is 0 Å². The Balaban J connectivity index is 2.23. The fraction of sp³-hybridized carbons (Fsp3) is 0.200. The van der Waals surface area contributed by atoms with Crippen LogP contribution in [0.3, 0.4) is 0 Å². The Kier molecular flexibility index (Phi) is 3.21. The summed E-state index contributed by atoms with van der Waals surface area (Å²) in [5.74, 6) is -0.295. The van der Waals surface area contributed by atoms with E-state index >= 15 is 0 Å². The standard InChI is InChI=1S/C10H11FN4S/c1-6(12)7-2-3-9(8(11)4-7)16-10-13-5-14-15-10/h2-6H,12H2,1H3,(H,13,14,15)/t6-/m1/s1. The number of H-pyrrole nitrogens is 1. The van der Waals surface area contributed by atoms with Gasteiger partial charge in [0.05, 0.1) is 4.90 Å². The van der Waals surface area contributed by atoms with E-state index in [-0.39, 0.29) is 11.9 Å². The number of halogens is 1. The number of hydrogen-bond donors (Lipinski definition) is 2. The van der Waals surface area contributed by atoms with E-state index in [1.807, 2.05) is 13.0 Å². The molecule has 2 aromatic rings. The fourth-order valence-corrected chi connectivity index (χ4v) is 1.93. The van der Waals surface area contributed by atoms with Gasteiger partial charge < -0.3 is 5.73 Å². The lowest BCUT2D eigenvalue weighted by Crippen LogP contribution is -2.05. The van der Waals surface area contributed by atoms with Crippen molar-refractivity contribution in [2.24, 2.45) is 5.73 Å². The van der Waals surface area contributed by atoms with Crippen molar-refractivity contribution in [3.63, 3.8) is 0 Å². The lowest BCUT2D eigenvalue weighted by atomic mass is 10.1. The van der Waals surface area contributed by atoms with Crippen molar-refractivity contribution < 1.29 is 4.39 Å². The van der Waals surface area contributed by atoms with Crippen LogP contribution in [0.5, 0.6) is 0 Å². The van der Waals surface area contributed by atoms with Crippen LogP contribution in [0, 0.1) is 5.82 Å². The SMILES string of the molecule is C[C@@H](N)c1ccc(Sc2ncn[nH]2)c(F)c1. The van der Waals surface area contributed by atoms with E-state index in [1.165, 1.54) is 24.2 Å². The van der Waals surface area contributed by atoms with E-state index in [1.54, 1.807) is 6.07 Å². The summed E-state index contributed by atoms with van der Waals surface area (Å²) in [6.45, 7) is 1.82. The molecule has 0 bridgehead atoms. The summed E-state index contributed by atoms with van der Waals surface area (Å²) in [5, 5.41) is 6.92. The molecule has 1 aromatic heterocycles. The first-order valence-corrected chi connectivity index (χ1v) is 5.56. The van der Waals surface area contributed by atoms with E-state index in [4.69, 9.17) is 5.73 Å². The summed E-state index contributed by atoms with van der Waals surface area (Å²) >= 11 is 1.20. The molecule has 0 saturated carbocycles. The van der Waals surface area contributed by atoms with Crippen LogP contribution in [0.2, 0.25) is 0 Å². The maximum absolute atomic E-state index is 13.7. The van der Waals surface area contributed by atoms with Crippen LogP contribution < -0.4 is 5.73 Å². The largest absolute Gasteiger partial charge is 0.324 e. The topological polar surface area (TPSA) is 67.6 Å². The van der Waals surface area contributed by atoms with Crippen LogP contribution in [0.1, 0.15) is 18.5 Å². The van der Waals surface area contributed by atoms with Crippen LogP contribution in [-0.2, 0) is 0 Å². The molecule has 0 radical (unpaired) electrons. The molecule has 0 amide bonds. The van der Waals surface area contributed by atoms with Crippen molar-refractivity contribution in [2.75, 3.05) is 0 Å². The monoisotopic (exact) mass is 238 g/mol. The molecule has 1 heterocycles. The molecule has 0 fully saturated rings. The van der Waals surface area contributed by atoms with Crippen molar-refractivity contribution in [3.8, 4) is 0 Å². The second kappa shape index (κ2) is 4.63. The molecule has 0 spiro atoms. The van der Waals surface area contributed by atoms with Crippen molar-refractivity contribution in [2.45, 2.75) is 23.0 Å². The van der Waals surface area contributed by atoms with Crippen LogP contribution in [-0.4, -0.2) is 15.2 Å². The summed E-state index contributed by atoms with van der Waals surface area (Å²) in [6.07, 6.45) is 1.39. The van der Waals surface area contributed by atoms with Gasteiger partial charge in [0, 0.05) is 6.04 Å². The summed E-state index contributed by atoms with van der Waals surface area (Å²) in [5.41, 5.74) is 6.44. The lowest BCUT2D eigenvalue weighted by molar-refractivity contribution is 0.596. The predicted octanol–water partition coefficient (Wildman–Crippen LogP) is 2.11. The van der Waals surface area contributed by atoms with Gasteiger partial charge in [-0.15, -0.1) is 0 Å². The minimum Gasteiger partial charge on any atom is -0.324 e. The molecule has 84 valence electrons. The number of benzene rings is 1. The number of hydrogen-bond acceptors (Lipinski definition) is 4. The highest BCUT2D eigenvalue weighted by molar-refractivity contribution is 7.99. The third-order valence-corrected chi connectivity index (χ3v) is 3.02. The van der Waals surface area contributed by atoms with Gasteiger partial charge in [0.1, 0.15) is 12.1 Å². The summed E-state index contributed by atoms with van der Waals surface area (Å²) in [7, 11) is 0. The average Bonchev–Trinajstić information content (AvgIpc) is 2.73. The zero-order chi connectivity index (χ0) is 11.5. The fourth-order valence-electron chi connectivity index (χ4n) is 1.23. The normalized spacial score (nSPS) is 12.7. The van der Waals surface area contributed by atoms with Crippen molar-refractivity contribution in [1.29, 1.82) is 0 Å². The minimum absolute atomic E-state index is 0.168. The summed E-state index contributed by atoms with van der Waals surface area (Å²) in [6, 6.07) is 4.79. The summed E-state index contributed by atoms with van der Waals surface area (Å²) < 4.78 is 13.7. The van der Waals surface area contributed by atoms with Gasteiger partial charge in [-0.1, -0.05) is 6.07 Å². The quantitative estimate of drug-likeness (QED) is 0.859. The first-order chi connectivity index (χ1) is 7.66. The van der Waals surface area contributed by atoms with Gasteiger partial charge in [-0.25, -0.2) is 9.37 Å². The molecular formula is C10H11FN4S. The maximum Gasteiger partial charge on any atom is 0.188 e. The van der Waals surface area contributed by atoms with Gasteiger partial charge in [-0.05, 0) is 36.4 Å². The van der Waals surface area contributed by atoms with Crippen LogP contribution >= 0.6 is 11.8 Å². The molecule has 0 aliphatic rings. The number of nitrogens with one attached hydrogen (secondary N) is 1. The molecular weight excluding hydrogens is 227 g/mol. The number of aromatic amines is 1. The number of aromatic nitrogens is 3. The van der Waals surface area contributed by atoms with Gasteiger partial charge in [0.15, 0.2) is 5.16 Å². The van der Waals surface area contributed by atoms with Crippen molar-refractivity contribution in [1.82, 2.24) is 15.2 Å². The Bertz CT molecular complexity index is 470. The Labute approximate surface area is 96.5 Å². The predicted molar refractivity (Wildman–Crippen MR) is 59.5 cm³/mol. The molecule has 1 atom stereocenters. The molecule has 1 aromatic carbocycles. The molecule has 6 heteroatoms. The van der Waals surface area contributed by atoms with E-state index in [2.05, 4.69) is 15.2 Å². The highest BCUT2D eigenvalue weighted by Gasteiger charge is 2.08. The van der Waals surface area contributed by atoms with Crippen molar-refractivity contribution in [3.05, 3.63) is 35.9 Å². The number of nitrogens with zero attached hydrogens (tertiary/aromatic N) is 2. The van der Waals surface area contributed by atoms with Gasteiger partial charge in [0.25, 0.3) is 0 Å². The van der Waals surface area contributed by atoms with E-state index in [0.717, 1.165) is 5.56 Å². The molecule has 0 aliphatic heterocycles. The Hall–Kier alpha value is -1.40. The van der Waals surface area contributed by atoms with E-state index < -0.39 is 0 Å². The Morgan fingerprint density at radius 3 is 2.88 bits per heavy atom. The lowest BCUT2D eigenvalue weighted by Gasteiger charge is -2.07. The number of rotatable bonds is 3. The van der Waals surface area contributed by atoms with Gasteiger partial charge in [-0.2, -0.15) is 5.10 Å². The molecule has 2 rings (SSSR count). The van der Waals surface area contributed by atoms with Gasteiger partial charge >= 0.3 is 0 Å².